The fourth-order valence-electron chi connectivity index (χ4n) is 3.00. The summed E-state index contributed by atoms with van der Waals surface area (Å²) >= 11 is 1.61. The summed E-state index contributed by atoms with van der Waals surface area (Å²) in [6, 6.07) is 12.6. The minimum atomic E-state index is -0.472. The van der Waals surface area contributed by atoms with Crippen molar-refractivity contribution in [2.75, 3.05) is 0 Å². The van der Waals surface area contributed by atoms with Gasteiger partial charge in [0.25, 0.3) is 0 Å². The van der Waals surface area contributed by atoms with Crippen molar-refractivity contribution in [3.8, 4) is 0 Å². The molecule has 2 heteroatoms. The molecular formula is C17H20OS. The van der Waals surface area contributed by atoms with E-state index in [1.54, 1.807) is 11.3 Å². The highest BCUT2D eigenvalue weighted by Gasteiger charge is 2.16. The van der Waals surface area contributed by atoms with Gasteiger partial charge in [-0.3, -0.25) is 0 Å². The van der Waals surface area contributed by atoms with Crippen LogP contribution < -0.4 is 0 Å². The molecule has 1 saturated carbocycles. The summed E-state index contributed by atoms with van der Waals surface area (Å²) in [6.07, 6.45) is 6.31. The third kappa shape index (κ3) is 2.90. The second-order valence-corrected chi connectivity index (χ2v) is 6.40. The minimum absolute atomic E-state index is 0.472. The van der Waals surface area contributed by atoms with Crippen molar-refractivity contribution >= 4 is 11.3 Å². The van der Waals surface area contributed by atoms with Crippen LogP contribution in [0.5, 0.6) is 0 Å². The molecule has 1 fully saturated rings. The van der Waals surface area contributed by atoms with Crippen LogP contribution in [-0.4, -0.2) is 5.11 Å². The van der Waals surface area contributed by atoms with Crippen molar-refractivity contribution in [2.45, 2.75) is 44.1 Å². The average molecular weight is 272 g/mol. The van der Waals surface area contributed by atoms with E-state index in [9.17, 15) is 5.11 Å². The summed E-state index contributed by atoms with van der Waals surface area (Å²) < 4.78 is 0. The van der Waals surface area contributed by atoms with Gasteiger partial charge in [-0.15, -0.1) is 11.3 Å². The molecule has 1 heterocycles. The first-order valence-corrected chi connectivity index (χ1v) is 8.04. The van der Waals surface area contributed by atoms with Crippen molar-refractivity contribution in [3.63, 3.8) is 0 Å². The van der Waals surface area contributed by atoms with Crippen LogP contribution >= 0.6 is 11.3 Å². The van der Waals surface area contributed by atoms with E-state index in [2.05, 4.69) is 24.3 Å². The number of aliphatic hydroxyl groups is 1. The first-order valence-electron chi connectivity index (χ1n) is 7.16. The Morgan fingerprint density at radius 1 is 1.00 bits per heavy atom. The third-order valence-electron chi connectivity index (χ3n) is 4.14. The molecule has 0 saturated heterocycles. The Morgan fingerprint density at radius 3 is 2.37 bits per heavy atom. The molecule has 100 valence electrons. The molecule has 1 unspecified atom stereocenters. The van der Waals surface area contributed by atoms with E-state index in [0.29, 0.717) is 0 Å². The lowest BCUT2D eigenvalue weighted by molar-refractivity contribution is 0.224. The summed E-state index contributed by atoms with van der Waals surface area (Å²) in [4.78, 5) is 1.02. The van der Waals surface area contributed by atoms with Gasteiger partial charge in [-0.05, 0) is 41.3 Å². The van der Waals surface area contributed by atoms with E-state index in [0.717, 1.165) is 16.4 Å². The molecule has 1 aliphatic carbocycles. The highest BCUT2D eigenvalue weighted by atomic mass is 32.1. The Hall–Kier alpha value is -1.12. The molecule has 1 nitrogen and oxygen atoms in total. The molecule has 1 atom stereocenters. The molecule has 0 radical (unpaired) electrons. The van der Waals surface area contributed by atoms with Gasteiger partial charge in [0.2, 0.25) is 0 Å². The van der Waals surface area contributed by atoms with Crippen LogP contribution in [0.2, 0.25) is 0 Å². The Labute approximate surface area is 118 Å². The maximum atomic E-state index is 10.3. The maximum Gasteiger partial charge on any atom is 0.113 e. The van der Waals surface area contributed by atoms with Crippen LogP contribution in [0.25, 0.3) is 0 Å². The van der Waals surface area contributed by atoms with Crippen molar-refractivity contribution in [1.29, 1.82) is 0 Å². The number of rotatable bonds is 3. The summed E-state index contributed by atoms with van der Waals surface area (Å²) in [7, 11) is 0. The molecule has 1 N–H and O–H groups in total. The molecule has 3 rings (SSSR count). The van der Waals surface area contributed by atoms with Crippen molar-refractivity contribution in [1.82, 2.24) is 0 Å². The topological polar surface area (TPSA) is 20.2 Å². The first-order chi connectivity index (χ1) is 9.34. The highest BCUT2D eigenvalue weighted by molar-refractivity contribution is 7.10. The molecule has 0 amide bonds. The maximum absolute atomic E-state index is 10.3. The third-order valence-corrected chi connectivity index (χ3v) is 5.07. The van der Waals surface area contributed by atoms with Gasteiger partial charge in [0.05, 0.1) is 0 Å². The van der Waals surface area contributed by atoms with Crippen molar-refractivity contribution in [2.24, 2.45) is 0 Å². The van der Waals surface area contributed by atoms with E-state index >= 15 is 0 Å². The summed E-state index contributed by atoms with van der Waals surface area (Å²) in [6.45, 7) is 0. The number of thiophene rings is 1. The fourth-order valence-corrected chi connectivity index (χ4v) is 3.73. The van der Waals surface area contributed by atoms with E-state index in [1.807, 2.05) is 17.5 Å². The van der Waals surface area contributed by atoms with Crippen LogP contribution in [0, 0.1) is 0 Å². The average Bonchev–Trinajstić information content (AvgIpc) is 3.02. The first kappa shape index (κ1) is 12.9. The van der Waals surface area contributed by atoms with Gasteiger partial charge in [-0.2, -0.15) is 0 Å². The molecular weight excluding hydrogens is 252 g/mol. The van der Waals surface area contributed by atoms with Crippen LogP contribution in [-0.2, 0) is 0 Å². The normalized spacial score (nSPS) is 18.4. The lowest BCUT2D eigenvalue weighted by Gasteiger charge is -2.22. The SMILES string of the molecule is OC(c1ccc(C2CCCCC2)cc1)c1cccs1. The van der Waals surface area contributed by atoms with E-state index in [4.69, 9.17) is 0 Å². The molecule has 1 aliphatic rings. The van der Waals surface area contributed by atoms with Crippen molar-refractivity contribution in [3.05, 3.63) is 57.8 Å². The summed E-state index contributed by atoms with van der Waals surface area (Å²) in [5.74, 6) is 0.738. The predicted molar refractivity (Wildman–Crippen MR) is 80.6 cm³/mol. The Kier molecular flexibility index (Phi) is 4.00. The van der Waals surface area contributed by atoms with E-state index in [1.165, 1.54) is 37.7 Å². The Balaban J connectivity index is 1.75. The van der Waals surface area contributed by atoms with Gasteiger partial charge < -0.3 is 5.11 Å². The molecule has 1 aromatic heterocycles. The Morgan fingerprint density at radius 2 is 1.74 bits per heavy atom. The standard InChI is InChI=1S/C17H20OS/c18-17(16-7-4-12-19-16)15-10-8-14(9-11-15)13-5-2-1-3-6-13/h4,7-13,17-18H,1-3,5-6H2. The quantitative estimate of drug-likeness (QED) is 0.844. The van der Waals surface area contributed by atoms with Crippen molar-refractivity contribution < 1.29 is 5.11 Å². The number of aliphatic hydroxyl groups excluding tert-OH is 1. The molecule has 0 bridgehead atoms. The molecule has 19 heavy (non-hydrogen) atoms. The van der Waals surface area contributed by atoms with Gasteiger partial charge in [-0.1, -0.05) is 49.6 Å². The molecule has 1 aromatic carbocycles. The van der Waals surface area contributed by atoms with E-state index < -0.39 is 6.10 Å². The second kappa shape index (κ2) is 5.89. The largest absolute Gasteiger partial charge is 0.383 e. The summed E-state index contributed by atoms with van der Waals surface area (Å²) in [5, 5.41) is 12.3. The monoisotopic (exact) mass is 272 g/mol. The van der Waals surface area contributed by atoms with Crippen LogP contribution in [0.1, 0.15) is 60.1 Å². The minimum Gasteiger partial charge on any atom is -0.383 e. The molecule has 0 spiro atoms. The lowest BCUT2D eigenvalue weighted by Crippen LogP contribution is -2.05. The number of benzene rings is 1. The predicted octanol–water partition coefficient (Wildman–Crippen LogP) is 4.88. The van der Waals surface area contributed by atoms with Gasteiger partial charge in [0.1, 0.15) is 6.10 Å². The molecule has 2 aromatic rings. The van der Waals surface area contributed by atoms with E-state index in [-0.39, 0.29) is 0 Å². The smallest absolute Gasteiger partial charge is 0.113 e. The van der Waals surface area contributed by atoms with Gasteiger partial charge in [0.15, 0.2) is 0 Å². The lowest BCUT2D eigenvalue weighted by atomic mass is 9.84. The number of hydrogen-bond acceptors (Lipinski definition) is 2. The zero-order valence-corrected chi connectivity index (χ0v) is 11.9. The van der Waals surface area contributed by atoms with Gasteiger partial charge in [-0.25, -0.2) is 0 Å². The van der Waals surface area contributed by atoms with Crippen LogP contribution in [0.3, 0.4) is 0 Å². The van der Waals surface area contributed by atoms with Crippen LogP contribution in [0.15, 0.2) is 41.8 Å². The highest BCUT2D eigenvalue weighted by Crippen LogP contribution is 2.33. The molecule has 0 aliphatic heterocycles. The Bertz CT molecular complexity index is 495. The fraction of sp³-hybridized carbons (Fsp3) is 0.412. The summed E-state index contributed by atoms with van der Waals surface area (Å²) in [5.41, 5.74) is 2.45. The number of hydrogen-bond donors (Lipinski definition) is 1. The van der Waals surface area contributed by atoms with Crippen LogP contribution in [0.4, 0.5) is 0 Å². The van der Waals surface area contributed by atoms with Gasteiger partial charge >= 0.3 is 0 Å². The second-order valence-electron chi connectivity index (χ2n) is 5.42. The van der Waals surface area contributed by atoms with Gasteiger partial charge in [0, 0.05) is 4.88 Å². The zero-order chi connectivity index (χ0) is 13.1. The zero-order valence-electron chi connectivity index (χ0n) is 11.1.